The Kier molecular flexibility index (Phi) is 9.67. The van der Waals surface area contributed by atoms with E-state index in [1.54, 1.807) is 20.0 Å². The fourth-order valence-corrected chi connectivity index (χ4v) is 4.65. The van der Waals surface area contributed by atoms with E-state index in [1.165, 1.54) is 0 Å². The molecule has 31 heavy (non-hydrogen) atoms. The minimum atomic E-state index is -0.858. The molecule has 1 fully saturated rings. The summed E-state index contributed by atoms with van der Waals surface area (Å²) in [4.78, 5) is 25.7. The lowest BCUT2D eigenvalue weighted by atomic mass is 9.84. The standard InChI is InChI=1S/C24H41NO6/c1-8-20-13(2)9-10-19(26)14(3)11-15(4)22(17(6)23(28)30-20)31-24-21(27)18(25-7)12-16(5)29-24/h9-10,13-18,20-22,24-25,27H,8,11-12H2,1-7H3. The number of aliphatic hydroxyl groups is 1. The minimum Gasteiger partial charge on any atom is -0.461 e. The average molecular weight is 440 g/mol. The van der Waals surface area contributed by atoms with Gasteiger partial charge < -0.3 is 24.6 Å². The predicted molar refractivity (Wildman–Crippen MR) is 118 cm³/mol. The quantitative estimate of drug-likeness (QED) is 0.651. The Balaban J connectivity index is 2.31. The van der Waals surface area contributed by atoms with Gasteiger partial charge in [-0.05, 0) is 52.2 Å². The van der Waals surface area contributed by atoms with E-state index in [0.29, 0.717) is 19.3 Å². The molecule has 7 nitrogen and oxygen atoms in total. The lowest BCUT2D eigenvalue weighted by molar-refractivity contribution is -0.272. The number of carbonyl (C=O) groups is 2. The van der Waals surface area contributed by atoms with Gasteiger partial charge in [0, 0.05) is 17.9 Å². The predicted octanol–water partition coefficient (Wildman–Crippen LogP) is 2.85. The largest absolute Gasteiger partial charge is 0.461 e. The summed E-state index contributed by atoms with van der Waals surface area (Å²) < 4.78 is 18.0. The van der Waals surface area contributed by atoms with Gasteiger partial charge in [0.1, 0.15) is 12.2 Å². The molecular weight excluding hydrogens is 398 g/mol. The summed E-state index contributed by atoms with van der Waals surface area (Å²) in [5.74, 6) is -1.21. The van der Waals surface area contributed by atoms with Crippen LogP contribution in [0.3, 0.4) is 0 Å². The molecule has 7 heteroatoms. The highest BCUT2D eigenvalue weighted by atomic mass is 16.7. The maximum absolute atomic E-state index is 13.0. The molecule has 0 bridgehead atoms. The SMILES string of the molecule is CCC1OC(=O)C(C)C(OC2OC(C)CC(NC)C2O)C(C)CC(C)C(=O)C=CC1C. The number of cyclic esters (lactones) is 1. The van der Waals surface area contributed by atoms with E-state index in [1.807, 2.05) is 40.7 Å². The number of nitrogens with one attached hydrogen (secondary N) is 1. The van der Waals surface area contributed by atoms with Crippen LogP contribution in [0.5, 0.6) is 0 Å². The summed E-state index contributed by atoms with van der Waals surface area (Å²) in [5, 5.41) is 13.9. The van der Waals surface area contributed by atoms with Crippen LogP contribution in [0.2, 0.25) is 0 Å². The molecule has 0 aliphatic carbocycles. The van der Waals surface area contributed by atoms with Crippen LogP contribution >= 0.6 is 0 Å². The zero-order chi connectivity index (χ0) is 23.3. The van der Waals surface area contributed by atoms with Crippen LogP contribution in [0.4, 0.5) is 0 Å². The van der Waals surface area contributed by atoms with Crippen molar-refractivity contribution in [3.63, 3.8) is 0 Å². The maximum Gasteiger partial charge on any atom is 0.311 e. The number of hydrogen-bond donors (Lipinski definition) is 2. The smallest absolute Gasteiger partial charge is 0.311 e. The van der Waals surface area contributed by atoms with Crippen molar-refractivity contribution in [3.8, 4) is 0 Å². The molecule has 2 N–H and O–H groups in total. The van der Waals surface area contributed by atoms with E-state index in [0.717, 1.165) is 0 Å². The van der Waals surface area contributed by atoms with E-state index in [9.17, 15) is 14.7 Å². The molecule has 0 amide bonds. The number of allylic oxidation sites excluding steroid dienone is 1. The zero-order valence-corrected chi connectivity index (χ0v) is 20.0. The van der Waals surface area contributed by atoms with E-state index in [-0.39, 0.29) is 47.8 Å². The number of aliphatic hydroxyl groups excluding tert-OH is 1. The Bertz CT molecular complexity index is 638. The van der Waals surface area contributed by atoms with Gasteiger partial charge in [0.15, 0.2) is 12.1 Å². The normalized spacial score (nSPS) is 43.1. The maximum atomic E-state index is 13.0. The molecule has 2 aliphatic rings. The fourth-order valence-electron chi connectivity index (χ4n) is 4.65. The number of hydrogen-bond acceptors (Lipinski definition) is 7. The molecule has 178 valence electrons. The highest BCUT2D eigenvalue weighted by Gasteiger charge is 2.41. The van der Waals surface area contributed by atoms with Crippen molar-refractivity contribution in [3.05, 3.63) is 12.2 Å². The molecular formula is C24H41NO6. The highest BCUT2D eigenvalue weighted by molar-refractivity contribution is 5.91. The topological polar surface area (TPSA) is 94.1 Å². The van der Waals surface area contributed by atoms with Crippen molar-refractivity contribution >= 4 is 11.8 Å². The van der Waals surface area contributed by atoms with Gasteiger partial charge >= 0.3 is 5.97 Å². The first-order valence-corrected chi connectivity index (χ1v) is 11.7. The Morgan fingerprint density at radius 3 is 2.45 bits per heavy atom. The second-order valence-corrected chi connectivity index (χ2v) is 9.44. The molecule has 0 aromatic carbocycles. The van der Waals surface area contributed by atoms with Crippen molar-refractivity contribution in [2.75, 3.05) is 7.05 Å². The first kappa shape index (κ1) is 26.0. The lowest BCUT2D eigenvalue weighted by Crippen LogP contribution is -2.55. The second kappa shape index (κ2) is 11.5. The van der Waals surface area contributed by atoms with Crippen molar-refractivity contribution in [2.45, 2.75) is 97.6 Å². The highest BCUT2D eigenvalue weighted by Crippen LogP contribution is 2.31. The van der Waals surface area contributed by atoms with Crippen LogP contribution in [0.25, 0.3) is 0 Å². The zero-order valence-electron chi connectivity index (χ0n) is 20.0. The first-order valence-electron chi connectivity index (χ1n) is 11.7. The molecule has 10 atom stereocenters. The summed E-state index contributed by atoms with van der Waals surface area (Å²) in [5.41, 5.74) is 0. The van der Waals surface area contributed by atoms with Gasteiger partial charge in [-0.1, -0.05) is 33.8 Å². The molecule has 0 spiro atoms. The summed E-state index contributed by atoms with van der Waals surface area (Å²) in [7, 11) is 1.80. The number of ether oxygens (including phenoxy) is 3. The van der Waals surface area contributed by atoms with E-state index >= 15 is 0 Å². The third kappa shape index (κ3) is 6.60. The minimum absolute atomic E-state index is 0.0599. The van der Waals surface area contributed by atoms with Gasteiger partial charge in [0.05, 0.1) is 18.1 Å². The summed E-state index contributed by atoms with van der Waals surface area (Å²) in [6.07, 6.45) is 2.67. The van der Waals surface area contributed by atoms with Crippen LogP contribution in [0.15, 0.2) is 12.2 Å². The Hall–Kier alpha value is -1.28. The average Bonchev–Trinajstić information content (AvgIpc) is 2.74. The van der Waals surface area contributed by atoms with Gasteiger partial charge in [-0.25, -0.2) is 0 Å². The first-order chi connectivity index (χ1) is 14.6. The summed E-state index contributed by atoms with van der Waals surface area (Å²) in [6, 6.07) is -0.159. The molecule has 0 aromatic rings. The molecule has 0 aromatic heterocycles. The molecule has 1 saturated heterocycles. The van der Waals surface area contributed by atoms with Crippen molar-refractivity contribution in [1.82, 2.24) is 5.32 Å². The molecule has 2 heterocycles. The van der Waals surface area contributed by atoms with Gasteiger partial charge in [0.25, 0.3) is 0 Å². The van der Waals surface area contributed by atoms with Gasteiger partial charge in [-0.2, -0.15) is 0 Å². The number of ketones is 1. The van der Waals surface area contributed by atoms with E-state index in [4.69, 9.17) is 14.2 Å². The van der Waals surface area contributed by atoms with Crippen molar-refractivity contribution in [1.29, 1.82) is 0 Å². The molecule has 0 radical (unpaired) electrons. The number of esters is 1. The van der Waals surface area contributed by atoms with Gasteiger partial charge in [0.2, 0.25) is 0 Å². The van der Waals surface area contributed by atoms with E-state index < -0.39 is 24.4 Å². The number of likely N-dealkylation sites (N-methyl/N-ethyl adjacent to an activating group) is 1. The molecule has 10 unspecified atom stereocenters. The second-order valence-electron chi connectivity index (χ2n) is 9.44. The Morgan fingerprint density at radius 1 is 1.16 bits per heavy atom. The van der Waals surface area contributed by atoms with Crippen molar-refractivity contribution < 1.29 is 28.9 Å². The Labute approximate surface area is 186 Å². The fraction of sp³-hybridized carbons (Fsp3) is 0.833. The summed E-state index contributed by atoms with van der Waals surface area (Å²) in [6.45, 7) is 11.5. The summed E-state index contributed by atoms with van der Waals surface area (Å²) >= 11 is 0. The van der Waals surface area contributed by atoms with E-state index in [2.05, 4.69) is 5.32 Å². The van der Waals surface area contributed by atoms with Crippen molar-refractivity contribution in [2.24, 2.45) is 23.7 Å². The van der Waals surface area contributed by atoms with Gasteiger partial charge in [-0.3, -0.25) is 9.59 Å². The molecule has 2 aliphatic heterocycles. The van der Waals surface area contributed by atoms with Crippen LogP contribution in [-0.4, -0.2) is 60.7 Å². The number of carbonyl (C=O) groups excluding carboxylic acids is 2. The Morgan fingerprint density at radius 2 is 1.84 bits per heavy atom. The van der Waals surface area contributed by atoms with Crippen LogP contribution in [0.1, 0.15) is 60.8 Å². The molecule has 2 rings (SSSR count). The third-order valence-electron chi connectivity index (χ3n) is 6.76. The van der Waals surface area contributed by atoms with Gasteiger partial charge in [-0.15, -0.1) is 0 Å². The monoisotopic (exact) mass is 439 g/mol. The van der Waals surface area contributed by atoms with Crippen LogP contribution in [0, 0.1) is 23.7 Å². The lowest BCUT2D eigenvalue weighted by Gasteiger charge is -2.41. The number of rotatable bonds is 4. The van der Waals surface area contributed by atoms with Crippen LogP contribution in [-0.2, 0) is 23.8 Å². The van der Waals surface area contributed by atoms with Crippen LogP contribution < -0.4 is 5.32 Å². The third-order valence-corrected chi connectivity index (χ3v) is 6.76. The molecule has 0 saturated carbocycles.